The van der Waals surface area contributed by atoms with Gasteiger partial charge in [-0.1, -0.05) is 42.1 Å². The van der Waals surface area contributed by atoms with Crippen LogP contribution in [0.5, 0.6) is 5.75 Å². The summed E-state index contributed by atoms with van der Waals surface area (Å²) in [6.45, 7) is 0. The molecule has 1 unspecified atom stereocenters. The molecule has 7 heteroatoms. The lowest BCUT2D eigenvalue weighted by atomic mass is 10.0. The molecule has 0 aromatic heterocycles. The van der Waals surface area contributed by atoms with Crippen molar-refractivity contribution < 1.29 is 14.7 Å². The van der Waals surface area contributed by atoms with Gasteiger partial charge in [0.05, 0.1) is 4.91 Å². The van der Waals surface area contributed by atoms with Gasteiger partial charge in [0.25, 0.3) is 11.8 Å². The highest BCUT2D eigenvalue weighted by Crippen LogP contribution is 2.57. The maximum atomic E-state index is 13.7. The van der Waals surface area contributed by atoms with E-state index in [0.29, 0.717) is 16.3 Å². The summed E-state index contributed by atoms with van der Waals surface area (Å²) in [5.74, 6) is -0.434. The summed E-state index contributed by atoms with van der Waals surface area (Å²) in [5, 5.41) is 12.7. The maximum absolute atomic E-state index is 13.7. The Morgan fingerprint density at radius 3 is 2.34 bits per heavy atom. The first-order chi connectivity index (χ1) is 15.4. The van der Waals surface area contributed by atoms with Gasteiger partial charge in [0.1, 0.15) is 5.75 Å². The van der Waals surface area contributed by atoms with Crippen molar-refractivity contribution >= 4 is 46.7 Å². The smallest absolute Gasteiger partial charge is 0.266 e. The summed E-state index contributed by atoms with van der Waals surface area (Å²) >= 11 is 1.24. The number of anilines is 3. The van der Waals surface area contributed by atoms with Crippen LogP contribution in [0, 0.1) is 0 Å². The van der Waals surface area contributed by atoms with Crippen molar-refractivity contribution in [3.8, 4) is 5.75 Å². The molecule has 1 fully saturated rings. The summed E-state index contributed by atoms with van der Waals surface area (Å²) < 4.78 is 0. The van der Waals surface area contributed by atoms with Crippen molar-refractivity contribution in [1.29, 1.82) is 0 Å². The molecule has 2 N–H and O–H groups in total. The van der Waals surface area contributed by atoms with E-state index in [-0.39, 0.29) is 17.6 Å². The largest absolute Gasteiger partial charge is 0.508 e. The van der Waals surface area contributed by atoms with Crippen LogP contribution >= 0.6 is 11.8 Å². The van der Waals surface area contributed by atoms with Crippen LogP contribution in [0.3, 0.4) is 0 Å². The molecular formula is C25H21N3O3S. The van der Waals surface area contributed by atoms with E-state index in [9.17, 15) is 14.7 Å². The quantitative estimate of drug-likeness (QED) is 0.588. The second-order valence-corrected chi connectivity index (χ2v) is 9.13. The van der Waals surface area contributed by atoms with E-state index < -0.39 is 4.87 Å². The van der Waals surface area contributed by atoms with Gasteiger partial charge in [0, 0.05) is 36.7 Å². The molecule has 1 saturated heterocycles. The predicted molar refractivity (Wildman–Crippen MR) is 129 cm³/mol. The van der Waals surface area contributed by atoms with Gasteiger partial charge in [-0.3, -0.25) is 14.5 Å². The van der Waals surface area contributed by atoms with Crippen LogP contribution in [-0.4, -0.2) is 31.0 Å². The molecule has 2 heterocycles. The third-order valence-electron chi connectivity index (χ3n) is 5.65. The van der Waals surface area contributed by atoms with Crippen LogP contribution in [0.1, 0.15) is 11.1 Å². The molecule has 160 valence electrons. The van der Waals surface area contributed by atoms with E-state index in [2.05, 4.69) is 5.32 Å². The van der Waals surface area contributed by atoms with Crippen molar-refractivity contribution in [3.05, 3.63) is 88.8 Å². The molecule has 0 aliphatic carbocycles. The standard InChI is InChI=1S/C25H21N3O3S/c1-27(2)17-9-7-16(8-10-17)15-22-23(30)28(18-11-13-19(29)14-12-18)25(32-22)20-5-3-4-6-21(20)26-24(25)31/h3-15,29H,1-2H3,(H,26,31). The van der Waals surface area contributed by atoms with Gasteiger partial charge in [-0.15, -0.1) is 0 Å². The molecule has 0 saturated carbocycles. The second kappa shape index (κ2) is 7.46. The first kappa shape index (κ1) is 20.2. The zero-order chi connectivity index (χ0) is 22.5. The van der Waals surface area contributed by atoms with Gasteiger partial charge in [-0.2, -0.15) is 0 Å². The number of aromatic hydroxyl groups is 1. The number of amides is 2. The number of benzene rings is 3. The van der Waals surface area contributed by atoms with Crippen molar-refractivity contribution in [3.63, 3.8) is 0 Å². The number of rotatable bonds is 3. The molecule has 6 nitrogen and oxygen atoms in total. The fourth-order valence-electron chi connectivity index (χ4n) is 4.05. The van der Waals surface area contributed by atoms with Crippen LogP contribution in [0.4, 0.5) is 17.1 Å². The van der Waals surface area contributed by atoms with E-state index >= 15 is 0 Å². The lowest BCUT2D eigenvalue weighted by Gasteiger charge is -2.31. The number of carbonyl (C=O) groups is 2. The predicted octanol–water partition coefficient (Wildman–Crippen LogP) is 4.38. The number of nitrogens with zero attached hydrogens (tertiary/aromatic N) is 2. The first-order valence-corrected chi connectivity index (χ1v) is 10.9. The van der Waals surface area contributed by atoms with Crippen molar-refractivity contribution in [2.45, 2.75) is 4.87 Å². The summed E-state index contributed by atoms with van der Waals surface area (Å²) in [6, 6.07) is 21.6. The summed E-state index contributed by atoms with van der Waals surface area (Å²) in [4.78, 5) is 29.8. The Morgan fingerprint density at radius 2 is 1.66 bits per heavy atom. The average Bonchev–Trinajstić information content (AvgIpc) is 3.23. The summed E-state index contributed by atoms with van der Waals surface area (Å²) in [6.07, 6.45) is 1.82. The van der Waals surface area contributed by atoms with Gasteiger partial charge in [0.2, 0.25) is 4.87 Å². The molecule has 2 amide bonds. The summed E-state index contributed by atoms with van der Waals surface area (Å²) in [5.41, 5.74) is 3.91. The Labute approximate surface area is 190 Å². The number of fused-ring (bicyclic) bond motifs is 2. The Kier molecular flexibility index (Phi) is 4.71. The second-order valence-electron chi connectivity index (χ2n) is 7.90. The normalized spacial score (nSPS) is 20.7. The fraction of sp³-hybridized carbons (Fsp3) is 0.120. The minimum atomic E-state index is -1.25. The molecule has 2 aliphatic heterocycles. The fourth-order valence-corrected chi connectivity index (χ4v) is 5.46. The monoisotopic (exact) mass is 443 g/mol. The van der Waals surface area contributed by atoms with Crippen LogP contribution in [-0.2, 0) is 14.5 Å². The van der Waals surface area contributed by atoms with Crippen molar-refractivity contribution in [2.24, 2.45) is 0 Å². The van der Waals surface area contributed by atoms with Gasteiger partial charge in [0.15, 0.2) is 0 Å². The highest BCUT2D eigenvalue weighted by Gasteiger charge is 2.60. The zero-order valence-corrected chi connectivity index (χ0v) is 18.4. The number of hydrogen-bond donors (Lipinski definition) is 2. The number of hydrogen-bond acceptors (Lipinski definition) is 5. The van der Waals surface area contributed by atoms with Crippen LogP contribution in [0.2, 0.25) is 0 Å². The lowest BCUT2D eigenvalue weighted by molar-refractivity contribution is -0.121. The molecule has 3 aromatic rings. The molecule has 0 bridgehead atoms. The number of thioether (sulfide) groups is 1. The van der Waals surface area contributed by atoms with Crippen LogP contribution in [0.25, 0.3) is 6.08 Å². The minimum absolute atomic E-state index is 0.0927. The molecule has 3 aromatic carbocycles. The molecule has 1 atom stereocenters. The molecule has 1 spiro atoms. The SMILES string of the molecule is CN(C)c1ccc(C=C2SC3(C(=O)Nc4ccccc43)N(c3ccc(O)cc3)C2=O)cc1. The van der Waals surface area contributed by atoms with E-state index in [1.807, 2.05) is 73.6 Å². The highest BCUT2D eigenvalue weighted by molar-refractivity contribution is 8.06. The zero-order valence-electron chi connectivity index (χ0n) is 17.6. The molecular weight excluding hydrogens is 422 g/mol. The molecule has 5 rings (SSSR count). The van der Waals surface area contributed by atoms with Gasteiger partial charge in [-0.05, 0) is 54.1 Å². The number of phenols is 1. The Morgan fingerprint density at radius 1 is 0.969 bits per heavy atom. The van der Waals surface area contributed by atoms with Crippen molar-refractivity contribution in [1.82, 2.24) is 0 Å². The third kappa shape index (κ3) is 3.05. The summed E-state index contributed by atoms with van der Waals surface area (Å²) in [7, 11) is 3.94. The molecule has 32 heavy (non-hydrogen) atoms. The Hall–Kier alpha value is -3.71. The third-order valence-corrected chi connectivity index (χ3v) is 7.05. The van der Waals surface area contributed by atoms with Gasteiger partial charge in [-0.25, -0.2) is 0 Å². The molecule has 0 radical (unpaired) electrons. The highest BCUT2D eigenvalue weighted by atomic mass is 32.2. The number of phenolic OH excluding ortho intramolecular Hbond substituents is 1. The Bertz CT molecular complexity index is 1250. The minimum Gasteiger partial charge on any atom is -0.508 e. The number of nitrogens with one attached hydrogen (secondary N) is 1. The van der Waals surface area contributed by atoms with Gasteiger partial charge >= 0.3 is 0 Å². The topological polar surface area (TPSA) is 72.9 Å². The van der Waals surface area contributed by atoms with E-state index in [0.717, 1.165) is 16.8 Å². The number of para-hydroxylation sites is 1. The maximum Gasteiger partial charge on any atom is 0.266 e. The lowest BCUT2D eigenvalue weighted by Crippen LogP contribution is -2.47. The van der Waals surface area contributed by atoms with E-state index in [1.165, 1.54) is 28.8 Å². The van der Waals surface area contributed by atoms with Gasteiger partial charge < -0.3 is 15.3 Å². The van der Waals surface area contributed by atoms with Crippen LogP contribution in [0.15, 0.2) is 77.7 Å². The van der Waals surface area contributed by atoms with E-state index in [1.54, 1.807) is 12.1 Å². The van der Waals surface area contributed by atoms with E-state index in [4.69, 9.17) is 0 Å². The molecule has 2 aliphatic rings. The van der Waals surface area contributed by atoms with Crippen molar-refractivity contribution in [2.75, 3.05) is 29.2 Å². The average molecular weight is 444 g/mol. The number of carbonyl (C=O) groups excluding carboxylic acids is 2. The first-order valence-electron chi connectivity index (χ1n) is 10.1. The Balaban J connectivity index is 1.65. The van der Waals surface area contributed by atoms with Crippen LogP contribution < -0.4 is 15.1 Å².